The first-order valence-electron chi connectivity index (χ1n) is 6.76. The predicted octanol–water partition coefficient (Wildman–Crippen LogP) is 2.04. The average Bonchev–Trinajstić information content (AvgIpc) is 2.42. The second-order valence-electron chi connectivity index (χ2n) is 4.57. The highest BCUT2D eigenvalue weighted by Gasteiger charge is 2.08. The number of amides is 1. The van der Waals surface area contributed by atoms with Gasteiger partial charge in [0.05, 0.1) is 19.3 Å². The van der Waals surface area contributed by atoms with Crippen molar-refractivity contribution in [1.82, 2.24) is 5.32 Å². The van der Waals surface area contributed by atoms with Crippen LogP contribution in [0.15, 0.2) is 24.3 Å². The zero-order valence-electron chi connectivity index (χ0n) is 11.7. The standard InChI is InChI=1S/C15H23NO3/c1-3-13(11-17)16-15(18)9-6-10-19-14-8-5-4-7-12(14)2/h4-5,7-8,13,17H,3,6,9-11H2,1-2H3,(H,16,18)/t13-/m0/s1. The van der Waals surface area contributed by atoms with Gasteiger partial charge < -0.3 is 15.2 Å². The van der Waals surface area contributed by atoms with Crippen molar-refractivity contribution in [2.24, 2.45) is 0 Å². The fourth-order valence-electron chi connectivity index (χ4n) is 1.71. The van der Waals surface area contributed by atoms with Crippen LogP contribution in [-0.2, 0) is 4.79 Å². The number of para-hydroxylation sites is 1. The number of hydrogen-bond donors (Lipinski definition) is 2. The molecule has 1 rings (SSSR count). The Labute approximate surface area is 114 Å². The third kappa shape index (κ3) is 5.75. The molecule has 0 radical (unpaired) electrons. The monoisotopic (exact) mass is 265 g/mol. The van der Waals surface area contributed by atoms with Gasteiger partial charge in [0.1, 0.15) is 5.75 Å². The molecule has 1 amide bonds. The van der Waals surface area contributed by atoms with E-state index in [0.717, 1.165) is 17.7 Å². The molecule has 1 atom stereocenters. The second-order valence-corrected chi connectivity index (χ2v) is 4.57. The minimum atomic E-state index is -0.134. The first-order chi connectivity index (χ1) is 9.17. The van der Waals surface area contributed by atoms with Crippen molar-refractivity contribution >= 4 is 5.91 Å². The van der Waals surface area contributed by atoms with Gasteiger partial charge in [-0.15, -0.1) is 0 Å². The zero-order chi connectivity index (χ0) is 14.1. The summed E-state index contributed by atoms with van der Waals surface area (Å²) in [6.45, 7) is 4.44. The van der Waals surface area contributed by atoms with Crippen molar-refractivity contribution < 1.29 is 14.6 Å². The fraction of sp³-hybridized carbons (Fsp3) is 0.533. The van der Waals surface area contributed by atoms with E-state index in [-0.39, 0.29) is 18.6 Å². The molecule has 1 aromatic carbocycles. The Kier molecular flexibility index (Phi) is 6.97. The number of aliphatic hydroxyl groups is 1. The Bertz CT molecular complexity index is 389. The molecule has 4 nitrogen and oxygen atoms in total. The summed E-state index contributed by atoms with van der Waals surface area (Å²) in [6.07, 6.45) is 1.83. The summed E-state index contributed by atoms with van der Waals surface area (Å²) in [7, 11) is 0. The maximum Gasteiger partial charge on any atom is 0.220 e. The van der Waals surface area contributed by atoms with Crippen LogP contribution in [0.25, 0.3) is 0 Å². The van der Waals surface area contributed by atoms with Crippen LogP contribution in [0.2, 0.25) is 0 Å². The average molecular weight is 265 g/mol. The number of nitrogens with one attached hydrogen (secondary N) is 1. The van der Waals surface area contributed by atoms with E-state index in [1.807, 2.05) is 38.1 Å². The van der Waals surface area contributed by atoms with E-state index in [0.29, 0.717) is 19.4 Å². The lowest BCUT2D eigenvalue weighted by molar-refractivity contribution is -0.122. The van der Waals surface area contributed by atoms with Crippen LogP contribution >= 0.6 is 0 Å². The fourth-order valence-corrected chi connectivity index (χ4v) is 1.71. The van der Waals surface area contributed by atoms with Crippen LogP contribution in [0.1, 0.15) is 31.7 Å². The Morgan fingerprint density at radius 1 is 1.42 bits per heavy atom. The van der Waals surface area contributed by atoms with Gasteiger partial charge in [-0.1, -0.05) is 25.1 Å². The Morgan fingerprint density at radius 3 is 2.79 bits per heavy atom. The number of ether oxygens (including phenoxy) is 1. The molecular formula is C15H23NO3. The molecule has 0 fully saturated rings. The van der Waals surface area contributed by atoms with Crippen molar-refractivity contribution in [2.45, 2.75) is 39.2 Å². The molecular weight excluding hydrogens is 242 g/mol. The van der Waals surface area contributed by atoms with Crippen LogP contribution in [0, 0.1) is 6.92 Å². The van der Waals surface area contributed by atoms with Crippen LogP contribution in [0.5, 0.6) is 5.75 Å². The summed E-state index contributed by atoms with van der Waals surface area (Å²) in [4.78, 5) is 11.6. The molecule has 0 heterocycles. The Hall–Kier alpha value is -1.55. The summed E-state index contributed by atoms with van der Waals surface area (Å²) < 4.78 is 5.62. The van der Waals surface area contributed by atoms with Gasteiger partial charge in [-0.3, -0.25) is 4.79 Å². The molecule has 4 heteroatoms. The topological polar surface area (TPSA) is 58.6 Å². The third-order valence-electron chi connectivity index (χ3n) is 2.98. The maximum absolute atomic E-state index is 11.6. The molecule has 0 spiro atoms. The van der Waals surface area contributed by atoms with E-state index >= 15 is 0 Å². The van der Waals surface area contributed by atoms with Crippen molar-refractivity contribution in [2.75, 3.05) is 13.2 Å². The molecule has 106 valence electrons. The van der Waals surface area contributed by atoms with E-state index in [1.165, 1.54) is 0 Å². The van der Waals surface area contributed by atoms with E-state index in [1.54, 1.807) is 0 Å². The summed E-state index contributed by atoms with van der Waals surface area (Å²) in [5.74, 6) is 0.832. The lowest BCUT2D eigenvalue weighted by Crippen LogP contribution is -2.36. The number of rotatable bonds is 8. The largest absolute Gasteiger partial charge is 0.493 e. The first kappa shape index (κ1) is 15.5. The molecule has 1 aromatic rings. The molecule has 2 N–H and O–H groups in total. The minimum Gasteiger partial charge on any atom is -0.493 e. The third-order valence-corrected chi connectivity index (χ3v) is 2.98. The van der Waals surface area contributed by atoms with Crippen molar-refractivity contribution in [3.63, 3.8) is 0 Å². The summed E-state index contributed by atoms with van der Waals surface area (Å²) >= 11 is 0. The van der Waals surface area contributed by atoms with Crippen molar-refractivity contribution in [3.05, 3.63) is 29.8 Å². The highest BCUT2D eigenvalue weighted by molar-refractivity contribution is 5.76. The molecule has 0 aliphatic heterocycles. The summed E-state index contributed by atoms with van der Waals surface area (Å²) in [5, 5.41) is 11.8. The molecule has 0 unspecified atom stereocenters. The second kappa shape index (κ2) is 8.53. The molecule has 0 bridgehead atoms. The Balaban J connectivity index is 2.20. The van der Waals surface area contributed by atoms with Gasteiger partial charge in [0.25, 0.3) is 0 Å². The van der Waals surface area contributed by atoms with Gasteiger partial charge in [-0.25, -0.2) is 0 Å². The lowest BCUT2D eigenvalue weighted by atomic mass is 10.2. The molecule has 0 saturated carbocycles. The number of aryl methyl sites for hydroxylation is 1. The molecule has 0 aliphatic rings. The number of carbonyl (C=O) groups excluding carboxylic acids is 1. The van der Waals surface area contributed by atoms with Crippen LogP contribution < -0.4 is 10.1 Å². The zero-order valence-corrected chi connectivity index (χ0v) is 11.7. The van der Waals surface area contributed by atoms with Crippen LogP contribution in [0.4, 0.5) is 0 Å². The van der Waals surface area contributed by atoms with Gasteiger partial charge in [-0.05, 0) is 31.4 Å². The van der Waals surface area contributed by atoms with E-state index in [4.69, 9.17) is 9.84 Å². The van der Waals surface area contributed by atoms with Gasteiger partial charge in [0.15, 0.2) is 0 Å². The smallest absolute Gasteiger partial charge is 0.220 e. The Morgan fingerprint density at radius 2 is 2.16 bits per heavy atom. The highest BCUT2D eigenvalue weighted by atomic mass is 16.5. The maximum atomic E-state index is 11.6. The van der Waals surface area contributed by atoms with E-state index in [9.17, 15) is 4.79 Å². The highest BCUT2D eigenvalue weighted by Crippen LogP contribution is 2.16. The first-order valence-corrected chi connectivity index (χ1v) is 6.76. The number of aliphatic hydroxyl groups excluding tert-OH is 1. The molecule has 0 saturated heterocycles. The minimum absolute atomic E-state index is 0.0120. The van der Waals surface area contributed by atoms with Crippen molar-refractivity contribution in [3.8, 4) is 5.75 Å². The van der Waals surface area contributed by atoms with Crippen LogP contribution in [0.3, 0.4) is 0 Å². The number of hydrogen-bond acceptors (Lipinski definition) is 3. The quantitative estimate of drug-likeness (QED) is 0.707. The van der Waals surface area contributed by atoms with Gasteiger partial charge in [0.2, 0.25) is 5.91 Å². The summed E-state index contributed by atoms with van der Waals surface area (Å²) in [5.41, 5.74) is 1.10. The van der Waals surface area contributed by atoms with Gasteiger partial charge >= 0.3 is 0 Å². The van der Waals surface area contributed by atoms with Gasteiger partial charge in [-0.2, -0.15) is 0 Å². The molecule has 0 aromatic heterocycles. The molecule has 19 heavy (non-hydrogen) atoms. The number of benzene rings is 1. The van der Waals surface area contributed by atoms with E-state index in [2.05, 4.69) is 5.32 Å². The lowest BCUT2D eigenvalue weighted by Gasteiger charge is -2.14. The summed E-state index contributed by atoms with van der Waals surface area (Å²) in [6, 6.07) is 7.69. The van der Waals surface area contributed by atoms with Gasteiger partial charge in [0, 0.05) is 6.42 Å². The van der Waals surface area contributed by atoms with E-state index < -0.39 is 0 Å². The normalized spacial score (nSPS) is 11.9. The number of carbonyl (C=O) groups is 1. The SMILES string of the molecule is CC[C@@H](CO)NC(=O)CCCOc1ccccc1C. The van der Waals surface area contributed by atoms with Crippen molar-refractivity contribution in [1.29, 1.82) is 0 Å². The molecule has 0 aliphatic carbocycles. The predicted molar refractivity (Wildman–Crippen MR) is 75.2 cm³/mol. The van der Waals surface area contributed by atoms with Crippen LogP contribution in [-0.4, -0.2) is 30.3 Å².